The number of carbonyl (C=O) groups excluding carboxylic acids is 2. The first-order valence-electron chi connectivity index (χ1n) is 9.34. The van der Waals surface area contributed by atoms with Crippen molar-refractivity contribution in [3.8, 4) is 0 Å². The lowest BCUT2D eigenvalue weighted by atomic mass is 9.92. The van der Waals surface area contributed by atoms with Gasteiger partial charge in [0.05, 0.1) is 5.69 Å². The SMILES string of the molecule is CC(C)N(CC(=O)Nc1cc(C(C)(C)C)nn1C)C(=O)[C@@H](Cl)c1ccccc1. The minimum atomic E-state index is -0.833. The smallest absolute Gasteiger partial charge is 0.245 e. The Morgan fingerprint density at radius 2 is 1.82 bits per heavy atom. The van der Waals surface area contributed by atoms with Gasteiger partial charge in [-0.25, -0.2) is 0 Å². The van der Waals surface area contributed by atoms with E-state index in [0.29, 0.717) is 11.4 Å². The Labute approximate surface area is 171 Å². The Kier molecular flexibility index (Phi) is 6.88. The molecule has 0 bridgehead atoms. The fraction of sp³-hybridized carbons (Fsp3) is 0.476. The van der Waals surface area contributed by atoms with Gasteiger partial charge in [-0.05, 0) is 19.4 Å². The summed E-state index contributed by atoms with van der Waals surface area (Å²) in [5, 5.41) is 6.47. The molecule has 2 aromatic rings. The quantitative estimate of drug-likeness (QED) is 0.743. The van der Waals surface area contributed by atoms with Crippen LogP contribution < -0.4 is 5.32 Å². The zero-order valence-electron chi connectivity index (χ0n) is 17.4. The zero-order valence-corrected chi connectivity index (χ0v) is 18.1. The Balaban J connectivity index is 2.11. The van der Waals surface area contributed by atoms with Crippen molar-refractivity contribution >= 4 is 29.2 Å². The molecule has 7 heteroatoms. The number of aryl methyl sites for hydroxylation is 1. The molecule has 1 aromatic heterocycles. The van der Waals surface area contributed by atoms with Crippen LogP contribution in [0.3, 0.4) is 0 Å². The van der Waals surface area contributed by atoms with E-state index < -0.39 is 5.38 Å². The molecule has 0 saturated carbocycles. The predicted octanol–water partition coefficient (Wildman–Crippen LogP) is 3.87. The number of halogens is 1. The summed E-state index contributed by atoms with van der Waals surface area (Å²) in [5.41, 5.74) is 1.47. The van der Waals surface area contributed by atoms with Crippen LogP contribution in [0.2, 0.25) is 0 Å². The third-order valence-corrected chi connectivity index (χ3v) is 4.88. The van der Waals surface area contributed by atoms with E-state index in [1.54, 1.807) is 23.9 Å². The molecular formula is C21H29ClN4O2. The van der Waals surface area contributed by atoms with Crippen LogP contribution in [0, 0.1) is 0 Å². The average molecular weight is 405 g/mol. The maximum Gasteiger partial charge on any atom is 0.245 e. The second kappa shape index (κ2) is 8.78. The van der Waals surface area contributed by atoms with Crippen LogP contribution in [0.15, 0.2) is 36.4 Å². The van der Waals surface area contributed by atoms with Crippen LogP contribution in [0.25, 0.3) is 0 Å². The Morgan fingerprint density at radius 1 is 1.21 bits per heavy atom. The van der Waals surface area contributed by atoms with Gasteiger partial charge in [0, 0.05) is 24.6 Å². The molecule has 0 aliphatic carbocycles. The van der Waals surface area contributed by atoms with Gasteiger partial charge in [-0.3, -0.25) is 14.3 Å². The van der Waals surface area contributed by atoms with E-state index >= 15 is 0 Å². The number of hydrogen-bond acceptors (Lipinski definition) is 3. The topological polar surface area (TPSA) is 67.2 Å². The summed E-state index contributed by atoms with van der Waals surface area (Å²) >= 11 is 6.38. The highest BCUT2D eigenvalue weighted by Gasteiger charge is 2.28. The number of aromatic nitrogens is 2. The monoisotopic (exact) mass is 404 g/mol. The van der Waals surface area contributed by atoms with Gasteiger partial charge >= 0.3 is 0 Å². The number of anilines is 1. The highest BCUT2D eigenvalue weighted by molar-refractivity contribution is 6.30. The number of amides is 2. The van der Waals surface area contributed by atoms with Crippen molar-refractivity contribution in [2.45, 2.75) is 51.5 Å². The van der Waals surface area contributed by atoms with Gasteiger partial charge in [-0.1, -0.05) is 51.1 Å². The van der Waals surface area contributed by atoms with Crippen molar-refractivity contribution in [1.29, 1.82) is 0 Å². The Bertz CT molecular complexity index is 825. The summed E-state index contributed by atoms with van der Waals surface area (Å²) in [6.07, 6.45) is 0. The maximum atomic E-state index is 12.9. The van der Waals surface area contributed by atoms with Crippen LogP contribution in [0.5, 0.6) is 0 Å². The molecule has 0 unspecified atom stereocenters. The summed E-state index contributed by atoms with van der Waals surface area (Å²) in [6.45, 7) is 9.82. The highest BCUT2D eigenvalue weighted by atomic mass is 35.5. The molecule has 0 spiro atoms. The van der Waals surface area contributed by atoms with E-state index in [0.717, 1.165) is 5.69 Å². The highest BCUT2D eigenvalue weighted by Crippen LogP contribution is 2.25. The third kappa shape index (κ3) is 5.35. The Morgan fingerprint density at radius 3 is 2.32 bits per heavy atom. The second-order valence-electron chi connectivity index (χ2n) is 8.17. The number of nitrogens with one attached hydrogen (secondary N) is 1. The minimum absolute atomic E-state index is 0.0808. The molecule has 2 rings (SSSR count). The lowest BCUT2D eigenvalue weighted by molar-refractivity contribution is -0.136. The largest absolute Gasteiger partial charge is 0.329 e. The fourth-order valence-electron chi connectivity index (χ4n) is 2.71. The molecule has 1 atom stereocenters. The van der Waals surface area contributed by atoms with E-state index in [9.17, 15) is 9.59 Å². The van der Waals surface area contributed by atoms with Crippen molar-refractivity contribution in [2.75, 3.05) is 11.9 Å². The molecule has 0 aliphatic heterocycles. The second-order valence-corrected chi connectivity index (χ2v) is 8.61. The van der Waals surface area contributed by atoms with Crippen molar-refractivity contribution in [1.82, 2.24) is 14.7 Å². The number of rotatable bonds is 6. The normalized spacial score (nSPS) is 12.7. The van der Waals surface area contributed by atoms with Crippen LogP contribution in [0.4, 0.5) is 5.82 Å². The van der Waals surface area contributed by atoms with Crippen molar-refractivity contribution < 1.29 is 9.59 Å². The average Bonchev–Trinajstić information content (AvgIpc) is 3.00. The molecular weight excluding hydrogens is 376 g/mol. The number of alkyl halides is 1. The van der Waals surface area contributed by atoms with Crippen molar-refractivity contribution in [3.63, 3.8) is 0 Å². The van der Waals surface area contributed by atoms with Gasteiger partial charge in [0.25, 0.3) is 0 Å². The summed E-state index contributed by atoms with van der Waals surface area (Å²) in [7, 11) is 1.78. The molecule has 6 nitrogen and oxygen atoms in total. The zero-order chi connectivity index (χ0) is 21.1. The Hall–Kier alpha value is -2.34. The fourth-order valence-corrected chi connectivity index (χ4v) is 2.98. The molecule has 2 amide bonds. The maximum absolute atomic E-state index is 12.9. The van der Waals surface area contributed by atoms with E-state index in [1.165, 1.54) is 4.90 Å². The minimum Gasteiger partial charge on any atom is -0.329 e. The van der Waals surface area contributed by atoms with Crippen molar-refractivity contribution in [2.24, 2.45) is 7.05 Å². The summed E-state index contributed by atoms with van der Waals surface area (Å²) in [4.78, 5) is 27.0. The van der Waals surface area contributed by atoms with Crippen LogP contribution >= 0.6 is 11.6 Å². The molecule has 28 heavy (non-hydrogen) atoms. The standard InChI is InChI=1S/C21H29ClN4O2/c1-14(2)26(20(28)19(22)15-10-8-7-9-11-15)13-18(27)23-17-12-16(21(3,4)5)24-25(17)6/h7-12,14,19H,13H2,1-6H3,(H,23,27)/t19-/m0/s1. The number of benzene rings is 1. The number of carbonyl (C=O) groups is 2. The molecule has 1 aromatic carbocycles. The van der Waals surface area contributed by atoms with Crippen LogP contribution in [-0.2, 0) is 22.1 Å². The van der Waals surface area contributed by atoms with Gasteiger partial charge in [-0.15, -0.1) is 11.6 Å². The summed E-state index contributed by atoms with van der Waals surface area (Å²) in [5.74, 6) is 0.0115. The van der Waals surface area contributed by atoms with E-state index in [1.807, 2.05) is 38.1 Å². The van der Waals surface area contributed by atoms with E-state index in [4.69, 9.17) is 11.6 Å². The summed E-state index contributed by atoms with van der Waals surface area (Å²) in [6, 6.07) is 10.8. The first-order valence-corrected chi connectivity index (χ1v) is 9.78. The van der Waals surface area contributed by atoms with Crippen LogP contribution in [-0.4, -0.2) is 39.1 Å². The molecule has 0 fully saturated rings. The molecule has 0 aliphatic rings. The van der Waals surface area contributed by atoms with Gasteiger partial charge in [-0.2, -0.15) is 5.10 Å². The van der Waals surface area contributed by atoms with Crippen LogP contribution in [0.1, 0.15) is 51.3 Å². The molecule has 1 heterocycles. The van der Waals surface area contributed by atoms with Gasteiger partial charge in [0.15, 0.2) is 0 Å². The molecule has 1 N–H and O–H groups in total. The lowest BCUT2D eigenvalue weighted by Crippen LogP contribution is -2.44. The first kappa shape index (κ1) is 22.0. The number of hydrogen-bond donors (Lipinski definition) is 1. The van der Waals surface area contributed by atoms with E-state index in [-0.39, 0.29) is 29.8 Å². The molecule has 0 radical (unpaired) electrons. The van der Waals surface area contributed by atoms with Gasteiger partial charge < -0.3 is 10.2 Å². The third-order valence-electron chi connectivity index (χ3n) is 4.45. The molecule has 0 saturated heterocycles. The van der Waals surface area contributed by atoms with Gasteiger partial charge in [0.2, 0.25) is 11.8 Å². The summed E-state index contributed by atoms with van der Waals surface area (Å²) < 4.78 is 1.63. The van der Waals surface area contributed by atoms with Crippen molar-refractivity contribution in [3.05, 3.63) is 47.7 Å². The predicted molar refractivity (Wildman–Crippen MR) is 112 cm³/mol. The van der Waals surface area contributed by atoms with Gasteiger partial charge in [0.1, 0.15) is 17.7 Å². The number of nitrogens with zero attached hydrogens (tertiary/aromatic N) is 3. The lowest BCUT2D eigenvalue weighted by Gasteiger charge is -2.28. The first-order chi connectivity index (χ1) is 13.0. The molecule has 152 valence electrons. The van der Waals surface area contributed by atoms with E-state index in [2.05, 4.69) is 31.2 Å².